The van der Waals surface area contributed by atoms with E-state index in [9.17, 15) is 13.9 Å². The van der Waals surface area contributed by atoms with Gasteiger partial charge in [0.15, 0.2) is 0 Å². The van der Waals surface area contributed by atoms with Crippen molar-refractivity contribution in [3.63, 3.8) is 0 Å². The molecule has 1 N–H and O–H groups in total. The fraction of sp³-hybridized carbons (Fsp3) is 0.571. The number of rotatable bonds is 8. The number of halogens is 2. The molecular weight excluding hydrogens is 254 g/mol. The molecule has 1 saturated carbocycles. The van der Waals surface area contributed by atoms with Crippen LogP contribution in [0.3, 0.4) is 0 Å². The van der Waals surface area contributed by atoms with Crippen LogP contribution in [-0.2, 0) is 4.74 Å². The van der Waals surface area contributed by atoms with Crippen LogP contribution in [0.15, 0.2) is 24.3 Å². The van der Waals surface area contributed by atoms with E-state index in [4.69, 9.17) is 9.47 Å². The monoisotopic (exact) mass is 272 g/mol. The molecular formula is C14H18F2O3. The van der Waals surface area contributed by atoms with Gasteiger partial charge in [-0.1, -0.05) is 12.1 Å². The minimum atomic E-state index is -2.46. The first-order valence-electron chi connectivity index (χ1n) is 6.45. The fourth-order valence-corrected chi connectivity index (χ4v) is 1.68. The normalized spacial score (nSPS) is 16.6. The molecule has 1 aliphatic rings. The van der Waals surface area contributed by atoms with Crippen LogP contribution in [-0.4, -0.2) is 30.8 Å². The lowest BCUT2D eigenvalue weighted by atomic mass is 10.1. The quantitative estimate of drug-likeness (QED) is 0.739. The summed E-state index contributed by atoms with van der Waals surface area (Å²) in [5, 5.41) is 9.86. The summed E-state index contributed by atoms with van der Waals surface area (Å²) in [5.74, 6) is 0.799. The minimum Gasteiger partial charge on any atom is -0.490 e. The van der Waals surface area contributed by atoms with E-state index in [-0.39, 0.29) is 6.61 Å². The Morgan fingerprint density at radius 1 is 1.21 bits per heavy atom. The van der Waals surface area contributed by atoms with Gasteiger partial charge in [0, 0.05) is 13.0 Å². The number of benzene rings is 1. The molecule has 0 bridgehead atoms. The van der Waals surface area contributed by atoms with Gasteiger partial charge >= 0.3 is 0 Å². The highest BCUT2D eigenvalue weighted by molar-refractivity contribution is 5.29. The average Bonchev–Trinajstić information content (AvgIpc) is 3.19. The van der Waals surface area contributed by atoms with Crippen LogP contribution in [0.2, 0.25) is 0 Å². The molecule has 0 spiro atoms. The Labute approximate surface area is 111 Å². The van der Waals surface area contributed by atoms with Crippen molar-refractivity contribution in [1.29, 1.82) is 0 Å². The summed E-state index contributed by atoms with van der Waals surface area (Å²) >= 11 is 0. The van der Waals surface area contributed by atoms with Gasteiger partial charge in [0.1, 0.15) is 12.4 Å². The predicted molar refractivity (Wildman–Crippen MR) is 66.5 cm³/mol. The Kier molecular flexibility index (Phi) is 5.10. The number of hydrogen-bond donors (Lipinski definition) is 1. The van der Waals surface area contributed by atoms with Crippen LogP contribution in [0, 0.1) is 0 Å². The van der Waals surface area contributed by atoms with Crippen molar-refractivity contribution in [1.82, 2.24) is 0 Å². The van der Waals surface area contributed by atoms with Crippen LogP contribution in [0.4, 0.5) is 8.78 Å². The summed E-state index contributed by atoms with van der Waals surface area (Å²) in [7, 11) is 0. The van der Waals surface area contributed by atoms with E-state index in [2.05, 4.69) is 0 Å². The summed E-state index contributed by atoms with van der Waals surface area (Å²) in [6, 6.07) is 7.21. The molecule has 106 valence electrons. The third kappa shape index (κ3) is 5.12. The zero-order valence-corrected chi connectivity index (χ0v) is 10.6. The van der Waals surface area contributed by atoms with Crippen molar-refractivity contribution in [3.8, 4) is 5.75 Å². The van der Waals surface area contributed by atoms with E-state index in [1.54, 1.807) is 12.1 Å². The van der Waals surface area contributed by atoms with Crippen molar-refractivity contribution in [2.45, 2.75) is 37.9 Å². The Morgan fingerprint density at radius 2 is 1.89 bits per heavy atom. The second-order valence-electron chi connectivity index (χ2n) is 4.66. The van der Waals surface area contributed by atoms with Crippen LogP contribution >= 0.6 is 0 Å². The van der Waals surface area contributed by atoms with E-state index in [1.807, 2.05) is 12.1 Å². The third-order valence-electron chi connectivity index (χ3n) is 2.87. The van der Waals surface area contributed by atoms with Crippen molar-refractivity contribution >= 4 is 0 Å². The maximum atomic E-state index is 11.8. The van der Waals surface area contributed by atoms with Crippen molar-refractivity contribution in [2.24, 2.45) is 0 Å². The summed E-state index contributed by atoms with van der Waals surface area (Å²) in [6.45, 7) is -0.466. The van der Waals surface area contributed by atoms with Crippen molar-refractivity contribution in [2.75, 3.05) is 13.2 Å². The van der Waals surface area contributed by atoms with Gasteiger partial charge in [-0.25, -0.2) is 8.78 Å². The number of aliphatic hydroxyl groups excluding tert-OH is 1. The number of alkyl halides is 2. The highest BCUT2D eigenvalue weighted by Crippen LogP contribution is 2.27. The molecule has 1 aromatic carbocycles. The van der Waals surface area contributed by atoms with Crippen LogP contribution in [0.5, 0.6) is 5.75 Å². The largest absolute Gasteiger partial charge is 0.490 e. The van der Waals surface area contributed by atoms with E-state index in [1.165, 1.54) is 0 Å². The van der Waals surface area contributed by atoms with E-state index >= 15 is 0 Å². The number of ether oxygens (including phenoxy) is 2. The summed E-state index contributed by atoms with van der Waals surface area (Å²) < 4.78 is 34.0. The molecule has 1 aliphatic carbocycles. The van der Waals surface area contributed by atoms with Gasteiger partial charge in [-0.2, -0.15) is 0 Å². The SMILES string of the molecule is OC(CCOCC(F)F)c1ccc(OC2CC2)cc1. The number of aliphatic hydroxyl groups is 1. The molecule has 0 aromatic heterocycles. The van der Waals surface area contributed by atoms with Crippen LogP contribution < -0.4 is 4.74 Å². The first kappa shape index (κ1) is 14.2. The average molecular weight is 272 g/mol. The van der Waals surface area contributed by atoms with E-state index in [0.717, 1.165) is 24.2 Å². The molecule has 1 aromatic rings. The molecule has 0 heterocycles. The standard InChI is InChI=1S/C14H18F2O3/c15-14(16)9-18-8-7-13(17)10-1-3-11(4-2-10)19-12-5-6-12/h1-4,12-14,17H,5-9H2. The molecule has 5 heteroatoms. The van der Waals surface area contributed by atoms with E-state index < -0.39 is 19.1 Å². The summed E-state index contributed by atoms with van der Waals surface area (Å²) in [4.78, 5) is 0. The summed E-state index contributed by atoms with van der Waals surface area (Å²) in [5.41, 5.74) is 0.740. The van der Waals surface area contributed by atoms with Crippen molar-refractivity contribution in [3.05, 3.63) is 29.8 Å². The molecule has 1 unspecified atom stereocenters. The maximum Gasteiger partial charge on any atom is 0.261 e. The summed E-state index contributed by atoms with van der Waals surface area (Å²) in [6.07, 6.45) is -0.310. The highest BCUT2D eigenvalue weighted by atomic mass is 19.3. The molecule has 0 aliphatic heterocycles. The topological polar surface area (TPSA) is 38.7 Å². The zero-order valence-electron chi connectivity index (χ0n) is 10.6. The van der Waals surface area contributed by atoms with Crippen LogP contribution in [0.25, 0.3) is 0 Å². The zero-order chi connectivity index (χ0) is 13.7. The molecule has 0 radical (unpaired) electrons. The molecule has 1 atom stereocenters. The van der Waals surface area contributed by atoms with Gasteiger partial charge in [0.05, 0.1) is 12.2 Å². The first-order valence-corrected chi connectivity index (χ1v) is 6.45. The molecule has 1 fully saturated rings. The molecule has 2 rings (SSSR count). The lowest BCUT2D eigenvalue weighted by molar-refractivity contribution is 0.00481. The van der Waals surface area contributed by atoms with Gasteiger partial charge < -0.3 is 14.6 Å². The Balaban J connectivity index is 1.73. The number of hydrogen-bond acceptors (Lipinski definition) is 3. The minimum absolute atomic E-state index is 0.117. The predicted octanol–water partition coefficient (Wildman–Crippen LogP) is 2.93. The fourth-order valence-electron chi connectivity index (χ4n) is 1.68. The second-order valence-corrected chi connectivity index (χ2v) is 4.66. The molecule has 3 nitrogen and oxygen atoms in total. The lowest BCUT2D eigenvalue weighted by Gasteiger charge is -2.12. The smallest absolute Gasteiger partial charge is 0.261 e. The molecule has 0 saturated heterocycles. The Morgan fingerprint density at radius 3 is 2.47 bits per heavy atom. The Bertz CT molecular complexity index is 377. The highest BCUT2D eigenvalue weighted by Gasteiger charge is 2.23. The van der Waals surface area contributed by atoms with E-state index in [0.29, 0.717) is 12.5 Å². The maximum absolute atomic E-state index is 11.8. The Hall–Kier alpha value is -1.20. The van der Waals surface area contributed by atoms with Crippen molar-refractivity contribution < 1.29 is 23.4 Å². The van der Waals surface area contributed by atoms with Gasteiger partial charge in [-0.05, 0) is 30.5 Å². The first-order chi connectivity index (χ1) is 9.15. The lowest BCUT2D eigenvalue weighted by Crippen LogP contribution is -2.08. The van der Waals surface area contributed by atoms with Gasteiger partial charge in [-0.3, -0.25) is 0 Å². The molecule has 19 heavy (non-hydrogen) atoms. The second kappa shape index (κ2) is 6.82. The third-order valence-corrected chi connectivity index (χ3v) is 2.87. The van der Waals surface area contributed by atoms with Gasteiger partial charge in [0.2, 0.25) is 0 Å². The van der Waals surface area contributed by atoms with Gasteiger partial charge in [-0.15, -0.1) is 0 Å². The molecule has 0 amide bonds. The van der Waals surface area contributed by atoms with Gasteiger partial charge in [0.25, 0.3) is 6.43 Å². The van der Waals surface area contributed by atoms with Crippen LogP contribution in [0.1, 0.15) is 30.9 Å².